The number of nitrogen functional groups attached to an aromatic ring is 1. The Hall–Kier alpha value is -1.09. The van der Waals surface area contributed by atoms with Crippen molar-refractivity contribution >= 4 is 5.69 Å². The van der Waals surface area contributed by atoms with Crippen molar-refractivity contribution in [1.29, 1.82) is 0 Å². The molecule has 0 heterocycles. The molecule has 1 aromatic carbocycles. The standard InChI is InChI=1S/C10H15FN2/c1-7(12)2-3-8-4-5-9(13)6-10(8)11/h4-7H,2-3,12-13H2,1H3. The average molecular weight is 182 g/mol. The Morgan fingerprint density at radius 1 is 1.46 bits per heavy atom. The highest BCUT2D eigenvalue weighted by atomic mass is 19.1. The summed E-state index contributed by atoms with van der Waals surface area (Å²) in [5.41, 5.74) is 12.1. The van der Waals surface area contributed by atoms with Crippen LogP contribution in [0, 0.1) is 5.82 Å². The van der Waals surface area contributed by atoms with Crippen LogP contribution in [-0.4, -0.2) is 6.04 Å². The van der Waals surface area contributed by atoms with Gasteiger partial charge in [-0.3, -0.25) is 0 Å². The molecule has 0 aliphatic carbocycles. The normalized spacial score (nSPS) is 12.8. The minimum atomic E-state index is -0.236. The van der Waals surface area contributed by atoms with Gasteiger partial charge < -0.3 is 11.5 Å². The zero-order chi connectivity index (χ0) is 9.84. The van der Waals surface area contributed by atoms with E-state index in [2.05, 4.69) is 0 Å². The zero-order valence-electron chi connectivity index (χ0n) is 7.76. The summed E-state index contributed by atoms with van der Waals surface area (Å²) < 4.78 is 13.2. The lowest BCUT2D eigenvalue weighted by Crippen LogP contribution is -2.15. The van der Waals surface area contributed by atoms with Gasteiger partial charge in [-0.05, 0) is 37.5 Å². The summed E-state index contributed by atoms with van der Waals surface area (Å²) in [4.78, 5) is 0. The van der Waals surface area contributed by atoms with Gasteiger partial charge in [0, 0.05) is 11.7 Å². The molecule has 0 aliphatic heterocycles. The third-order valence-electron chi connectivity index (χ3n) is 1.95. The molecule has 1 aromatic rings. The first-order valence-corrected chi connectivity index (χ1v) is 4.39. The predicted octanol–water partition coefficient (Wildman–Crippen LogP) is 1.69. The van der Waals surface area contributed by atoms with Crippen molar-refractivity contribution in [2.24, 2.45) is 5.73 Å². The molecule has 4 N–H and O–H groups in total. The molecule has 0 spiro atoms. The Morgan fingerprint density at radius 3 is 2.69 bits per heavy atom. The van der Waals surface area contributed by atoms with Gasteiger partial charge in [-0.1, -0.05) is 6.07 Å². The first-order valence-electron chi connectivity index (χ1n) is 4.39. The summed E-state index contributed by atoms with van der Waals surface area (Å²) in [5, 5.41) is 0. The Bertz CT molecular complexity index is 284. The van der Waals surface area contributed by atoms with Crippen molar-refractivity contribution in [2.75, 3.05) is 5.73 Å². The summed E-state index contributed by atoms with van der Waals surface area (Å²) in [7, 11) is 0. The number of hydrogen-bond acceptors (Lipinski definition) is 2. The second kappa shape index (κ2) is 4.23. The first-order chi connectivity index (χ1) is 6.09. The van der Waals surface area contributed by atoms with E-state index in [1.54, 1.807) is 12.1 Å². The van der Waals surface area contributed by atoms with E-state index in [4.69, 9.17) is 11.5 Å². The number of rotatable bonds is 3. The number of benzene rings is 1. The highest BCUT2D eigenvalue weighted by Crippen LogP contribution is 2.13. The molecule has 0 aliphatic rings. The second-order valence-corrected chi connectivity index (χ2v) is 3.37. The molecule has 0 saturated carbocycles. The van der Waals surface area contributed by atoms with Crippen molar-refractivity contribution in [1.82, 2.24) is 0 Å². The Morgan fingerprint density at radius 2 is 2.15 bits per heavy atom. The lowest BCUT2D eigenvalue weighted by atomic mass is 10.1. The minimum absolute atomic E-state index is 0.108. The molecule has 3 heteroatoms. The maximum Gasteiger partial charge on any atom is 0.128 e. The lowest BCUT2D eigenvalue weighted by Gasteiger charge is -2.06. The van der Waals surface area contributed by atoms with Gasteiger partial charge in [0.1, 0.15) is 5.82 Å². The van der Waals surface area contributed by atoms with E-state index in [-0.39, 0.29) is 11.9 Å². The lowest BCUT2D eigenvalue weighted by molar-refractivity contribution is 0.591. The molecule has 0 aromatic heterocycles. The van der Waals surface area contributed by atoms with Crippen molar-refractivity contribution in [3.63, 3.8) is 0 Å². The summed E-state index contributed by atoms with van der Waals surface area (Å²) in [6, 6.07) is 4.88. The second-order valence-electron chi connectivity index (χ2n) is 3.37. The number of halogens is 1. The van der Waals surface area contributed by atoms with Gasteiger partial charge in [0.2, 0.25) is 0 Å². The highest BCUT2D eigenvalue weighted by Gasteiger charge is 2.03. The Balaban J connectivity index is 2.67. The molecule has 1 atom stereocenters. The molecule has 0 bridgehead atoms. The van der Waals surface area contributed by atoms with Crippen molar-refractivity contribution in [3.8, 4) is 0 Å². The zero-order valence-corrected chi connectivity index (χ0v) is 7.76. The first kappa shape index (κ1) is 9.99. The van der Waals surface area contributed by atoms with Gasteiger partial charge >= 0.3 is 0 Å². The Labute approximate surface area is 77.7 Å². The van der Waals surface area contributed by atoms with Crippen LogP contribution in [0.3, 0.4) is 0 Å². The van der Waals surface area contributed by atoms with Crippen LogP contribution in [0.2, 0.25) is 0 Å². The largest absolute Gasteiger partial charge is 0.399 e. The van der Waals surface area contributed by atoms with E-state index in [0.717, 1.165) is 6.42 Å². The van der Waals surface area contributed by atoms with Gasteiger partial charge in [0.15, 0.2) is 0 Å². The number of aryl methyl sites for hydroxylation is 1. The van der Waals surface area contributed by atoms with Crippen LogP contribution < -0.4 is 11.5 Å². The van der Waals surface area contributed by atoms with Gasteiger partial charge in [-0.25, -0.2) is 4.39 Å². The predicted molar refractivity (Wildman–Crippen MR) is 52.8 cm³/mol. The van der Waals surface area contributed by atoms with Crippen LogP contribution in [0.1, 0.15) is 18.9 Å². The molecular formula is C10H15FN2. The third-order valence-corrected chi connectivity index (χ3v) is 1.95. The fourth-order valence-corrected chi connectivity index (χ4v) is 1.15. The topological polar surface area (TPSA) is 52.0 Å². The molecule has 0 radical (unpaired) electrons. The van der Waals surface area contributed by atoms with Crippen LogP contribution in [0.25, 0.3) is 0 Å². The third kappa shape index (κ3) is 3.03. The molecule has 13 heavy (non-hydrogen) atoms. The number of anilines is 1. The fourth-order valence-electron chi connectivity index (χ4n) is 1.15. The van der Waals surface area contributed by atoms with E-state index in [0.29, 0.717) is 17.7 Å². The van der Waals surface area contributed by atoms with E-state index in [1.807, 2.05) is 6.92 Å². The van der Waals surface area contributed by atoms with E-state index < -0.39 is 0 Å². The Kier molecular flexibility index (Phi) is 3.25. The van der Waals surface area contributed by atoms with Crippen LogP contribution in [0.15, 0.2) is 18.2 Å². The molecule has 0 saturated heterocycles. The van der Waals surface area contributed by atoms with Crippen LogP contribution in [0.5, 0.6) is 0 Å². The van der Waals surface area contributed by atoms with Crippen molar-refractivity contribution < 1.29 is 4.39 Å². The van der Waals surface area contributed by atoms with E-state index in [9.17, 15) is 4.39 Å². The SMILES string of the molecule is CC(N)CCc1ccc(N)cc1F. The van der Waals surface area contributed by atoms with E-state index in [1.165, 1.54) is 6.07 Å². The van der Waals surface area contributed by atoms with Gasteiger partial charge in [0.25, 0.3) is 0 Å². The monoisotopic (exact) mass is 182 g/mol. The minimum Gasteiger partial charge on any atom is -0.399 e. The average Bonchev–Trinajstić information content (AvgIpc) is 2.02. The molecule has 72 valence electrons. The van der Waals surface area contributed by atoms with Gasteiger partial charge in [0.05, 0.1) is 0 Å². The van der Waals surface area contributed by atoms with Gasteiger partial charge in [-0.15, -0.1) is 0 Å². The fraction of sp³-hybridized carbons (Fsp3) is 0.400. The molecule has 0 amide bonds. The van der Waals surface area contributed by atoms with Crippen LogP contribution in [-0.2, 0) is 6.42 Å². The summed E-state index contributed by atoms with van der Waals surface area (Å²) in [6.07, 6.45) is 1.46. The number of nitrogens with two attached hydrogens (primary N) is 2. The number of hydrogen-bond donors (Lipinski definition) is 2. The van der Waals surface area contributed by atoms with Crippen molar-refractivity contribution in [2.45, 2.75) is 25.8 Å². The molecule has 1 rings (SSSR count). The summed E-state index contributed by atoms with van der Waals surface area (Å²) >= 11 is 0. The summed E-state index contributed by atoms with van der Waals surface area (Å²) in [5.74, 6) is -0.236. The van der Waals surface area contributed by atoms with Gasteiger partial charge in [-0.2, -0.15) is 0 Å². The van der Waals surface area contributed by atoms with Crippen LogP contribution >= 0.6 is 0 Å². The molecular weight excluding hydrogens is 167 g/mol. The van der Waals surface area contributed by atoms with E-state index >= 15 is 0 Å². The molecule has 0 fully saturated rings. The van der Waals surface area contributed by atoms with Crippen LogP contribution in [0.4, 0.5) is 10.1 Å². The van der Waals surface area contributed by atoms with Crippen molar-refractivity contribution in [3.05, 3.63) is 29.6 Å². The maximum atomic E-state index is 13.2. The maximum absolute atomic E-state index is 13.2. The quantitative estimate of drug-likeness (QED) is 0.699. The molecule has 2 nitrogen and oxygen atoms in total. The summed E-state index contributed by atoms with van der Waals surface area (Å²) in [6.45, 7) is 1.91. The smallest absolute Gasteiger partial charge is 0.128 e. The molecule has 1 unspecified atom stereocenters. The highest BCUT2D eigenvalue weighted by molar-refractivity contribution is 5.40.